The van der Waals surface area contributed by atoms with Crippen LogP contribution in [0.3, 0.4) is 0 Å². The van der Waals surface area contributed by atoms with Crippen molar-refractivity contribution < 1.29 is 19.0 Å². The van der Waals surface area contributed by atoms with Gasteiger partial charge in [0.25, 0.3) is 0 Å². The van der Waals surface area contributed by atoms with E-state index in [0.717, 1.165) is 19.3 Å². The molecule has 3 atom stereocenters. The highest BCUT2D eigenvalue weighted by molar-refractivity contribution is 5.75. The smallest absolute Gasteiger partial charge is 0.311 e. The molecule has 0 bridgehead atoms. The zero-order chi connectivity index (χ0) is 18.7. The molecule has 2 rings (SSSR count). The molecule has 1 heterocycles. The van der Waals surface area contributed by atoms with E-state index in [1.807, 2.05) is 45.9 Å². The Bertz CT molecular complexity index is 557. The SMILES string of the molecule is CCC1(CC)O[C@@H](Cc2ccccc2)[C@H](C(C)OC(=O)C(C)(C)C)O1. The molecule has 1 fully saturated rings. The molecule has 1 unspecified atom stereocenters. The third kappa shape index (κ3) is 4.83. The van der Waals surface area contributed by atoms with E-state index in [1.54, 1.807) is 0 Å². The zero-order valence-corrected chi connectivity index (χ0v) is 16.4. The van der Waals surface area contributed by atoms with Crippen molar-refractivity contribution in [2.45, 2.75) is 84.9 Å². The van der Waals surface area contributed by atoms with Crippen molar-refractivity contribution in [3.05, 3.63) is 35.9 Å². The lowest BCUT2D eigenvalue weighted by atomic mass is 9.96. The van der Waals surface area contributed by atoms with Gasteiger partial charge in [-0.3, -0.25) is 4.79 Å². The summed E-state index contributed by atoms with van der Waals surface area (Å²) in [7, 11) is 0. The van der Waals surface area contributed by atoms with Crippen molar-refractivity contribution in [3.63, 3.8) is 0 Å². The van der Waals surface area contributed by atoms with E-state index in [4.69, 9.17) is 14.2 Å². The predicted molar refractivity (Wildman–Crippen MR) is 98.2 cm³/mol. The summed E-state index contributed by atoms with van der Waals surface area (Å²) < 4.78 is 18.4. The largest absolute Gasteiger partial charge is 0.459 e. The van der Waals surface area contributed by atoms with Gasteiger partial charge in [0.2, 0.25) is 0 Å². The van der Waals surface area contributed by atoms with Crippen LogP contribution in [0, 0.1) is 5.41 Å². The van der Waals surface area contributed by atoms with Gasteiger partial charge in [-0.2, -0.15) is 0 Å². The van der Waals surface area contributed by atoms with Crippen LogP contribution in [0.25, 0.3) is 0 Å². The minimum absolute atomic E-state index is 0.134. The Morgan fingerprint density at radius 2 is 1.76 bits per heavy atom. The second-order valence-corrected chi connectivity index (χ2v) is 7.91. The molecule has 0 aliphatic carbocycles. The third-order valence-electron chi connectivity index (χ3n) is 4.81. The Morgan fingerprint density at radius 3 is 2.28 bits per heavy atom. The summed E-state index contributed by atoms with van der Waals surface area (Å²) in [5, 5.41) is 0. The second-order valence-electron chi connectivity index (χ2n) is 7.91. The lowest BCUT2D eigenvalue weighted by Crippen LogP contribution is -2.40. The first-order valence-corrected chi connectivity index (χ1v) is 9.31. The molecule has 1 aliphatic heterocycles. The fourth-order valence-electron chi connectivity index (χ4n) is 3.09. The molecular weight excluding hydrogens is 316 g/mol. The number of carbonyl (C=O) groups excluding carboxylic acids is 1. The number of carbonyl (C=O) groups is 1. The topological polar surface area (TPSA) is 44.8 Å². The van der Waals surface area contributed by atoms with Crippen molar-refractivity contribution in [2.75, 3.05) is 0 Å². The van der Waals surface area contributed by atoms with Crippen molar-refractivity contribution in [1.29, 1.82) is 0 Å². The minimum atomic E-state index is -0.591. The van der Waals surface area contributed by atoms with Crippen LogP contribution in [0.15, 0.2) is 30.3 Å². The maximum Gasteiger partial charge on any atom is 0.311 e. The Morgan fingerprint density at radius 1 is 1.16 bits per heavy atom. The van der Waals surface area contributed by atoms with E-state index >= 15 is 0 Å². The number of rotatable bonds is 6. The molecule has 0 radical (unpaired) electrons. The van der Waals surface area contributed by atoms with Crippen LogP contribution >= 0.6 is 0 Å². The van der Waals surface area contributed by atoms with Gasteiger partial charge in [0.1, 0.15) is 12.2 Å². The van der Waals surface area contributed by atoms with Crippen molar-refractivity contribution in [2.24, 2.45) is 5.41 Å². The van der Waals surface area contributed by atoms with Crippen LogP contribution in [0.1, 0.15) is 59.9 Å². The molecule has 0 N–H and O–H groups in total. The Hall–Kier alpha value is -1.39. The summed E-state index contributed by atoms with van der Waals surface area (Å²) >= 11 is 0. The molecule has 140 valence electrons. The monoisotopic (exact) mass is 348 g/mol. The van der Waals surface area contributed by atoms with Gasteiger partial charge in [0.05, 0.1) is 11.5 Å². The van der Waals surface area contributed by atoms with Crippen LogP contribution in [0.5, 0.6) is 0 Å². The highest BCUT2D eigenvalue weighted by Crippen LogP contribution is 2.38. The van der Waals surface area contributed by atoms with Gasteiger partial charge in [-0.05, 0) is 46.1 Å². The number of benzene rings is 1. The maximum absolute atomic E-state index is 12.3. The van der Waals surface area contributed by atoms with Crippen LogP contribution in [0.4, 0.5) is 0 Å². The molecule has 0 spiro atoms. The lowest BCUT2D eigenvalue weighted by molar-refractivity contribution is -0.192. The van der Waals surface area contributed by atoms with Crippen LogP contribution in [-0.4, -0.2) is 30.1 Å². The Kier molecular flexibility index (Phi) is 6.28. The van der Waals surface area contributed by atoms with Gasteiger partial charge in [-0.25, -0.2) is 0 Å². The zero-order valence-electron chi connectivity index (χ0n) is 16.4. The summed E-state index contributed by atoms with van der Waals surface area (Å²) in [6, 6.07) is 10.2. The molecule has 1 aromatic carbocycles. The fraction of sp³-hybridized carbons (Fsp3) is 0.667. The van der Waals surface area contributed by atoms with E-state index < -0.39 is 11.2 Å². The first kappa shape index (κ1) is 19.9. The van der Waals surface area contributed by atoms with E-state index in [0.29, 0.717) is 0 Å². The average molecular weight is 348 g/mol. The first-order chi connectivity index (χ1) is 11.7. The van der Waals surface area contributed by atoms with Gasteiger partial charge in [0.15, 0.2) is 5.79 Å². The standard InChI is InChI=1S/C21H32O4/c1-7-21(8-2)24-17(14-16-12-10-9-11-13-16)18(25-21)15(3)23-19(22)20(4,5)6/h9-13,15,17-18H,7-8,14H2,1-6H3/t15?,17-,18-/m0/s1. The number of hydrogen-bond acceptors (Lipinski definition) is 4. The van der Waals surface area contributed by atoms with Gasteiger partial charge in [-0.1, -0.05) is 44.2 Å². The summed E-state index contributed by atoms with van der Waals surface area (Å²) in [6.07, 6.45) is 1.51. The van der Waals surface area contributed by atoms with Gasteiger partial charge in [0, 0.05) is 6.42 Å². The van der Waals surface area contributed by atoms with Crippen LogP contribution in [0.2, 0.25) is 0 Å². The number of hydrogen-bond donors (Lipinski definition) is 0. The van der Waals surface area contributed by atoms with E-state index in [-0.39, 0.29) is 24.3 Å². The normalized spacial score (nSPS) is 24.1. The second kappa shape index (κ2) is 7.88. The lowest BCUT2D eigenvalue weighted by Gasteiger charge is -2.28. The molecule has 4 nitrogen and oxygen atoms in total. The van der Waals surface area contributed by atoms with E-state index in [1.165, 1.54) is 5.56 Å². The van der Waals surface area contributed by atoms with Gasteiger partial charge >= 0.3 is 5.97 Å². The summed E-state index contributed by atoms with van der Waals surface area (Å²) in [5.41, 5.74) is 0.661. The first-order valence-electron chi connectivity index (χ1n) is 9.31. The number of esters is 1. The quantitative estimate of drug-likeness (QED) is 0.710. The minimum Gasteiger partial charge on any atom is -0.459 e. The number of ether oxygens (including phenoxy) is 3. The van der Waals surface area contributed by atoms with Crippen molar-refractivity contribution >= 4 is 5.97 Å². The van der Waals surface area contributed by atoms with Crippen molar-refractivity contribution in [1.82, 2.24) is 0 Å². The predicted octanol–water partition coefficient (Wildman–Crippen LogP) is 4.51. The van der Waals surface area contributed by atoms with E-state index in [2.05, 4.69) is 26.0 Å². The summed E-state index contributed by atoms with van der Waals surface area (Å²) in [6.45, 7) is 11.6. The molecule has 0 saturated carbocycles. The van der Waals surface area contributed by atoms with Crippen molar-refractivity contribution in [3.8, 4) is 0 Å². The Labute approximate surface area is 151 Å². The van der Waals surface area contributed by atoms with Gasteiger partial charge in [-0.15, -0.1) is 0 Å². The Balaban J connectivity index is 2.17. The highest BCUT2D eigenvalue weighted by Gasteiger charge is 2.48. The molecule has 1 aromatic rings. The molecule has 0 amide bonds. The molecule has 1 saturated heterocycles. The fourth-order valence-corrected chi connectivity index (χ4v) is 3.09. The highest BCUT2D eigenvalue weighted by atomic mass is 16.8. The molecule has 1 aliphatic rings. The molecule has 25 heavy (non-hydrogen) atoms. The third-order valence-corrected chi connectivity index (χ3v) is 4.81. The van der Waals surface area contributed by atoms with Gasteiger partial charge < -0.3 is 14.2 Å². The maximum atomic E-state index is 12.3. The van der Waals surface area contributed by atoms with Crippen LogP contribution < -0.4 is 0 Å². The molecule has 0 aromatic heterocycles. The molecular formula is C21H32O4. The van der Waals surface area contributed by atoms with E-state index in [9.17, 15) is 4.79 Å². The summed E-state index contributed by atoms with van der Waals surface area (Å²) in [5.74, 6) is -0.806. The average Bonchev–Trinajstić information content (AvgIpc) is 2.94. The van der Waals surface area contributed by atoms with Crippen LogP contribution in [-0.2, 0) is 25.4 Å². The summed E-state index contributed by atoms with van der Waals surface area (Å²) in [4.78, 5) is 12.3. The molecule has 4 heteroatoms.